The molecule has 1 aromatic rings. The number of aliphatic hydroxyl groups excluding tert-OH is 2. The fourth-order valence-corrected chi connectivity index (χ4v) is 7.44. The number of ketones is 2. The number of allylic oxidation sites excluding steroid dienone is 1. The number of aromatic hydroxyl groups is 1. The van der Waals surface area contributed by atoms with Crippen LogP contribution in [0.1, 0.15) is 49.5 Å². The van der Waals surface area contributed by atoms with Crippen LogP contribution in [0.2, 0.25) is 0 Å². The molecule has 7 N–H and O–H groups in total. The lowest BCUT2D eigenvalue weighted by atomic mass is 9.58. The summed E-state index contributed by atoms with van der Waals surface area (Å²) in [6.07, 6.45) is 1.13. The van der Waals surface area contributed by atoms with Gasteiger partial charge in [-0.1, -0.05) is 20.8 Å². The predicted molar refractivity (Wildman–Crippen MR) is 171 cm³/mol. The van der Waals surface area contributed by atoms with Crippen molar-refractivity contribution in [3.63, 3.8) is 0 Å². The van der Waals surface area contributed by atoms with Crippen LogP contribution in [0.3, 0.4) is 0 Å². The van der Waals surface area contributed by atoms with Gasteiger partial charge in [0.2, 0.25) is 11.7 Å². The van der Waals surface area contributed by atoms with Crippen molar-refractivity contribution in [3.05, 3.63) is 39.9 Å². The smallest absolute Gasteiger partial charge is 0.255 e. The summed E-state index contributed by atoms with van der Waals surface area (Å²) in [5.74, 6) is -7.80. The van der Waals surface area contributed by atoms with E-state index in [9.17, 15) is 39.6 Å². The molecule has 1 fully saturated rings. The highest BCUT2D eigenvalue weighted by Crippen LogP contribution is 2.54. The minimum atomic E-state index is -2.72. The van der Waals surface area contributed by atoms with Gasteiger partial charge in [0.05, 0.1) is 23.2 Å². The maximum absolute atomic E-state index is 14.2. The number of Topliss-reactive ketones (excluding diaryl/α,β-unsaturated/α-hetero) is 2. The van der Waals surface area contributed by atoms with Gasteiger partial charge < -0.3 is 41.3 Å². The van der Waals surface area contributed by atoms with E-state index in [0.29, 0.717) is 24.3 Å². The van der Waals surface area contributed by atoms with Crippen molar-refractivity contribution in [2.24, 2.45) is 28.9 Å². The Morgan fingerprint density at radius 1 is 1.11 bits per heavy atom. The first kappa shape index (κ1) is 33.4. The molecule has 0 unspecified atom stereocenters. The highest BCUT2D eigenvalue weighted by Gasteiger charge is 2.63. The van der Waals surface area contributed by atoms with E-state index < -0.39 is 63.8 Å². The largest absolute Gasteiger partial charge is 0.510 e. The second-order valence-electron chi connectivity index (χ2n) is 14.8. The van der Waals surface area contributed by atoms with Crippen LogP contribution in [0.15, 0.2) is 28.7 Å². The number of primary amides is 1. The van der Waals surface area contributed by atoms with E-state index in [1.54, 1.807) is 39.2 Å². The minimum absolute atomic E-state index is 0.00866. The number of rotatable bonds is 7. The number of nitrogens with one attached hydrogen (secondary N) is 1. The van der Waals surface area contributed by atoms with E-state index in [0.717, 1.165) is 13.0 Å². The summed E-state index contributed by atoms with van der Waals surface area (Å²) in [5, 5.41) is 48.6. The van der Waals surface area contributed by atoms with Gasteiger partial charge in [-0.05, 0) is 62.9 Å². The highest BCUT2D eigenvalue weighted by molar-refractivity contribution is 6.25. The maximum Gasteiger partial charge on any atom is 0.255 e. The van der Waals surface area contributed by atoms with Crippen LogP contribution in [-0.2, 0) is 20.8 Å². The summed E-state index contributed by atoms with van der Waals surface area (Å²) in [4.78, 5) is 58.6. The third-order valence-corrected chi connectivity index (χ3v) is 9.94. The van der Waals surface area contributed by atoms with Gasteiger partial charge in [-0.3, -0.25) is 24.1 Å². The van der Waals surface area contributed by atoms with Crippen LogP contribution in [-0.4, -0.2) is 113 Å². The summed E-state index contributed by atoms with van der Waals surface area (Å²) in [6, 6.07) is 0.546. The lowest BCUT2D eigenvalue weighted by Gasteiger charge is -2.50. The normalized spacial score (nSPS) is 26.8. The molecule has 250 valence electrons. The second kappa shape index (κ2) is 11.4. The number of fused-ring (bicyclic) bond motifs is 3. The van der Waals surface area contributed by atoms with Gasteiger partial charge in [0, 0.05) is 44.4 Å². The quantitative estimate of drug-likeness (QED) is 0.187. The van der Waals surface area contributed by atoms with E-state index in [1.165, 1.54) is 4.90 Å². The van der Waals surface area contributed by atoms with E-state index >= 15 is 0 Å². The molecule has 0 spiro atoms. The molecule has 46 heavy (non-hydrogen) atoms. The number of phenols is 1. The molecule has 0 saturated carbocycles. The van der Waals surface area contributed by atoms with Gasteiger partial charge in [-0.2, -0.15) is 0 Å². The summed E-state index contributed by atoms with van der Waals surface area (Å²) >= 11 is 0. The van der Waals surface area contributed by atoms with Gasteiger partial charge in [-0.15, -0.1) is 0 Å². The summed E-state index contributed by atoms with van der Waals surface area (Å²) < 4.78 is 0. The molecule has 4 atom stereocenters. The number of nitrogens with two attached hydrogens (primary N) is 1. The van der Waals surface area contributed by atoms with Crippen molar-refractivity contribution >= 4 is 34.8 Å². The Balaban J connectivity index is 1.52. The highest BCUT2D eigenvalue weighted by atomic mass is 16.3. The first-order valence-electron chi connectivity index (χ1n) is 15.5. The lowest BCUT2D eigenvalue weighted by Crippen LogP contribution is -2.63. The number of phenolic OH excluding ortho intramolecular Hbond substituents is 1. The van der Waals surface area contributed by atoms with E-state index in [2.05, 4.69) is 31.0 Å². The van der Waals surface area contributed by atoms with Crippen molar-refractivity contribution in [1.82, 2.24) is 9.80 Å². The van der Waals surface area contributed by atoms with Gasteiger partial charge in [0.15, 0.2) is 17.1 Å². The van der Waals surface area contributed by atoms with Crippen molar-refractivity contribution in [3.8, 4) is 5.75 Å². The van der Waals surface area contributed by atoms with Gasteiger partial charge >= 0.3 is 0 Å². The number of nitrogens with zero attached hydrogens (tertiary/aromatic N) is 3. The molecule has 2 amide bonds. The van der Waals surface area contributed by atoms with Crippen molar-refractivity contribution in [1.29, 1.82) is 0 Å². The number of carbonyl (C=O) groups excluding carboxylic acids is 4. The average Bonchev–Trinajstić information content (AvgIpc) is 2.90. The molecule has 13 nitrogen and oxygen atoms in total. The van der Waals surface area contributed by atoms with E-state index in [1.807, 2.05) is 0 Å². The third kappa shape index (κ3) is 5.23. The van der Waals surface area contributed by atoms with Crippen molar-refractivity contribution in [2.45, 2.75) is 51.7 Å². The number of aliphatic hydroxyl groups is 3. The second-order valence-corrected chi connectivity index (χ2v) is 14.8. The molecule has 1 saturated heterocycles. The Morgan fingerprint density at radius 2 is 1.74 bits per heavy atom. The molecule has 3 aliphatic carbocycles. The zero-order chi connectivity index (χ0) is 34.2. The topological polar surface area (TPSA) is 197 Å². The molecule has 13 heteroatoms. The molecule has 1 heterocycles. The molecule has 0 aromatic heterocycles. The van der Waals surface area contributed by atoms with E-state index in [4.69, 9.17) is 5.73 Å². The third-order valence-electron chi connectivity index (χ3n) is 9.94. The number of benzene rings is 1. The number of hydrogen-bond acceptors (Lipinski definition) is 11. The molecule has 0 bridgehead atoms. The first-order valence-corrected chi connectivity index (χ1v) is 15.5. The Morgan fingerprint density at radius 3 is 2.28 bits per heavy atom. The molecule has 1 aromatic carbocycles. The van der Waals surface area contributed by atoms with E-state index in [-0.39, 0.29) is 46.9 Å². The monoisotopic (exact) mass is 639 g/mol. The molecule has 4 aliphatic rings. The molecule has 0 radical (unpaired) electrons. The molecule has 5 rings (SSSR count). The van der Waals surface area contributed by atoms with Gasteiger partial charge in [-0.25, -0.2) is 0 Å². The molecule has 1 aliphatic heterocycles. The Kier molecular flexibility index (Phi) is 8.28. The number of anilines is 2. The molecular weight excluding hydrogens is 594 g/mol. The lowest BCUT2D eigenvalue weighted by molar-refractivity contribution is -0.148. The number of hydrogen-bond donors (Lipinski definition) is 6. The van der Waals surface area contributed by atoms with Crippen LogP contribution in [0.5, 0.6) is 5.75 Å². The maximum atomic E-state index is 14.2. The SMILES string of the molecule is CN(C)c1cc(NC(=O)C2CN(CCC(C)(C)C)C2)c(O)c2c1C[C@H]1C[C@H]3[C@H](N(C)C)C(O)=C(C(N)=O)C(=O)[C@@]3(O)C(O)=C1C2=O. The average molecular weight is 640 g/mol. The van der Waals surface area contributed by atoms with Gasteiger partial charge in [0.1, 0.15) is 17.1 Å². The van der Waals surface area contributed by atoms with Crippen molar-refractivity contribution in [2.75, 3.05) is 58.0 Å². The fourth-order valence-electron chi connectivity index (χ4n) is 7.44. The summed E-state index contributed by atoms with van der Waals surface area (Å²) in [5.41, 5.74) is 2.69. The molecular formula is C33H45N5O8. The summed E-state index contributed by atoms with van der Waals surface area (Å²) in [6.45, 7) is 8.52. The van der Waals surface area contributed by atoms with Gasteiger partial charge in [0.25, 0.3) is 5.91 Å². The zero-order valence-corrected chi connectivity index (χ0v) is 27.5. The minimum Gasteiger partial charge on any atom is -0.510 e. The zero-order valence-electron chi connectivity index (χ0n) is 27.5. The Labute approximate surface area is 268 Å². The van der Waals surface area contributed by atoms with Crippen LogP contribution in [0.4, 0.5) is 11.4 Å². The van der Waals surface area contributed by atoms with Crippen LogP contribution in [0.25, 0.3) is 0 Å². The number of amides is 2. The van der Waals surface area contributed by atoms with Crippen LogP contribution in [0, 0.1) is 23.2 Å². The van der Waals surface area contributed by atoms with Crippen molar-refractivity contribution < 1.29 is 39.6 Å². The predicted octanol–water partition coefficient (Wildman–Crippen LogP) is 1.49. The number of likely N-dealkylation sites (N-methyl/N-ethyl adjacent to an activating group) is 1. The fraction of sp³-hybridized carbons (Fsp3) is 0.576. The first-order chi connectivity index (χ1) is 21.3. The standard InChI is InChI=1S/C33H45N5O8/c1-32(2,3)8-9-38-13-16(14-38)31(45)35-19-12-20(36(4)5)17-10-15-11-18-24(37(6)7)27(41)23(30(34)44)29(43)33(18,46)28(42)21(15)26(40)22(17)25(19)39/h12,15-16,18,24,39,41-42,46H,8-11,13-14H2,1-7H3,(H2,34,44)(H,35,45)/t15-,18-,24-,33-/m0/s1. The Bertz CT molecular complexity index is 1580. The Hall–Kier alpha value is -3.94. The number of likely N-dealkylation sites (tertiary alicyclic amines) is 1. The number of carbonyl (C=O) groups is 4. The van der Waals surface area contributed by atoms with Crippen LogP contribution >= 0.6 is 0 Å². The summed E-state index contributed by atoms with van der Waals surface area (Å²) in [7, 11) is 6.69. The van der Waals surface area contributed by atoms with Crippen LogP contribution < -0.4 is 16.0 Å².